The van der Waals surface area contributed by atoms with Crippen molar-refractivity contribution in [1.82, 2.24) is 10.2 Å². The molecule has 1 aliphatic heterocycles. The molecule has 1 fully saturated rings. The number of rotatable bonds is 8. The number of anilines is 1. The van der Waals surface area contributed by atoms with Gasteiger partial charge in [-0.1, -0.05) is 26.0 Å². The molecule has 28 heavy (non-hydrogen) atoms. The Kier molecular flexibility index (Phi) is 6.92. The van der Waals surface area contributed by atoms with Crippen molar-refractivity contribution in [3.63, 3.8) is 0 Å². The number of carbonyl (C=O) groups excluding carboxylic acids is 4. The lowest BCUT2D eigenvalue weighted by Crippen LogP contribution is -2.46. The second kappa shape index (κ2) is 9.16. The number of esters is 1. The predicted octanol–water partition coefficient (Wildman–Crippen LogP) is 2.31. The molecule has 4 amide bonds. The quantitative estimate of drug-likeness (QED) is 0.405. The zero-order valence-corrected chi connectivity index (χ0v) is 16.3. The first-order valence-corrected chi connectivity index (χ1v) is 9.24. The van der Waals surface area contributed by atoms with E-state index in [-0.39, 0.29) is 12.5 Å². The first-order valence-electron chi connectivity index (χ1n) is 9.24. The number of imide groups is 1. The third-order valence-corrected chi connectivity index (χ3v) is 4.65. The van der Waals surface area contributed by atoms with E-state index in [1.165, 1.54) is 6.08 Å². The maximum absolute atomic E-state index is 12.5. The Labute approximate surface area is 163 Å². The predicted molar refractivity (Wildman–Crippen MR) is 104 cm³/mol. The largest absolute Gasteiger partial charge is 0.463 e. The summed E-state index contributed by atoms with van der Waals surface area (Å²) >= 11 is 0. The van der Waals surface area contributed by atoms with Crippen molar-refractivity contribution in [2.24, 2.45) is 0 Å². The highest BCUT2D eigenvalue weighted by Crippen LogP contribution is 2.24. The molecular weight excluding hydrogens is 362 g/mol. The van der Waals surface area contributed by atoms with Crippen LogP contribution in [0.3, 0.4) is 0 Å². The van der Waals surface area contributed by atoms with Crippen LogP contribution >= 0.6 is 0 Å². The summed E-state index contributed by atoms with van der Waals surface area (Å²) in [6.07, 6.45) is 3.86. The van der Waals surface area contributed by atoms with Gasteiger partial charge in [0.1, 0.15) is 12.1 Å². The average molecular weight is 387 g/mol. The Bertz CT molecular complexity index is 782. The molecule has 0 spiro atoms. The van der Waals surface area contributed by atoms with E-state index in [4.69, 9.17) is 4.74 Å². The number of ether oxygens (including phenoxy) is 1. The van der Waals surface area contributed by atoms with E-state index in [0.717, 1.165) is 10.5 Å². The summed E-state index contributed by atoms with van der Waals surface area (Å²) in [6, 6.07) is 6.22. The number of nitrogens with zero attached hydrogens (tertiary/aromatic N) is 1. The Morgan fingerprint density at radius 3 is 2.32 bits per heavy atom. The van der Waals surface area contributed by atoms with Crippen LogP contribution < -0.4 is 10.6 Å². The molecule has 1 aromatic carbocycles. The fourth-order valence-corrected chi connectivity index (χ4v) is 2.93. The van der Waals surface area contributed by atoms with Crippen LogP contribution in [0.2, 0.25) is 0 Å². The van der Waals surface area contributed by atoms with E-state index in [9.17, 15) is 19.2 Å². The maximum atomic E-state index is 12.5. The lowest BCUT2D eigenvalue weighted by Gasteiger charge is -2.23. The standard InChI is InChI=1S/C20H25N3O5/c1-4-20(5-2)18(26)23(19(27)22-20)13-16(24)21-15-10-7-14(8-11-15)9-12-17(25)28-6-3/h7-12H,4-6,13H2,1-3H3,(H,21,24)(H,22,27)/b12-9-. The highest BCUT2D eigenvalue weighted by atomic mass is 16.5. The number of carbonyl (C=O) groups is 4. The van der Waals surface area contributed by atoms with Crippen LogP contribution in [-0.4, -0.2) is 47.4 Å². The van der Waals surface area contributed by atoms with Gasteiger partial charge in [-0.15, -0.1) is 0 Å². The lowest BCUT2D eigenvalue weighted by atomic mass is 9.93. The molecule has 2 rings (SSSR count). The Morgan fingerprint density at radius 2 is 1.79 bits per heavy atom. The van der Waals surface area contributed by atoms with Crippen molar-refractivity contribution in [3.05, 3.63) is 35.9 Å². The summed E-state index contributed by atoms with van der Waals surface area (Å²) < 4.78 is 4.80. The molecule has 0 unspecified atom stereocenters. The molecule has 1 aromatic rings. The van der Waals surface area contributed by atoms with Crippen molar-refractivity contribution in [2.75, 3.05) is 18.5 Å². The van der Waals surface area contributed by atoms with Gasteiger partial charge >= 0.3 is 12.0 Å². The fraction of sp³-hybridized carbons (Fsp3) is 0.400. The van der Waals surface area contributed by atoms with Crippen LogP contribution in [-0.2, 0) is 19.1 Å². The molecule has 0 aromatic heterocycles. The molecule has 0 saturated carbocycles. The topological polar surface area (TPSA) is 105 Å². The molecule has 1 aliphatic rings. The second-order valence-corrected chi connectivity index (χ2v) is 6.37. The Hall–Kier alpha value is -3.16. The second-order valence-electron chi connectivity index (χ2n) is 6.37. The average Bonchev–Trinajstić information content (AvgIpc) is 2.92. The third kappa shape index (κ3) is 4.76. The number of amides is 4. The molecule has 8 heteroatoms. The monoisotopic (exact) mass is 387 g/mol. The normalized spacial score (nSPS) is 15.6. The number of hydrogen-bond donors (Lipinski definition) is 2. The number of urea groups is 1. The smallest absolute Gasteiger partial charge is 0.330 e. The van der Waals surface area contributed by atoms with E-state index in [1.54, 1.807) is 37.3 Å². The van der Waals surface area contributed by atoms with Gasteiger partial charge in [-0.05, 0) is 43.5 Å². The Morgan fingerprint density at radius 1 is 1.14 bits per heavy atom. The van der Waals surface area contributed by atoms with E-state index in [1.807, 2.05) is 13.8 Å². The van der Waals surface area contributed by atoms with Crippen molar-refractivity contribution in [2.45, 2.75) is 39.2 Å². The van der Waals surface area contributed by atoms with Crippen molar-refractivity contribution in [1.29, 1.82) is 0 Å². The molecule has 0 radical (unpaired) electrons. The van der Waals surface area contributed by atoms with Gasteiger partial charge in [0.25, 0.3) is 5.91 Å². The molecule has 0 aliphatic carbocycles. The minimum absolute atomic E-state index is 0.309. The summed E-state index contributed by atoms with van der Waals surface area (Å²) in [5, 5.41) is 5.34. The number of benzene rings is 1. The molecule has 8 nitrogen and oxygen atoms in total. The van der Waals surface area contributed by atoms with Gasteiger partial charge in [0.15, 0.2) is 0 Å². The summed E-state index contributed by atoms with van der Waals surface area (Å²) in [4.78, 5) is 49.1. The molecule has 2 N–H and O–H groups in total. The number of nitrogens with one attached hydrogen (secondary N) is 2. The van der Waals surface area contributed by atoms with E-state index in [2.05, 4.69) is 10.6 Å². The molecule has 0 bridgehead atoms. The lowest BCUT2D eigenvalue weighted by molar-refractivity contribution is -0.137. The zero-order chi connectivity index (χ0) is 20.7. The summed E-state index contributed by atoms with van der Waals surface area (Å²) in [5.41, 5.74) is 0.350. The van der Waals surface area contributed by atoms with Crippen LogP contribution in [0.25, 0.3) is 6.08 Å². The van der Waals surface area contributed by atoms with Crippen LogP contribution in [0, 0.1) is 0 Å². The minimum Gasteiger partial charge on any atom is -0.463 e. The third-order valence-electron chi connectivity index (χ3n) is 4.65. The summed E-state index contributed by atoms with van der Waals surface area (Å²) in [7, 11) is 0. The Balaban J connectivity index is 1.95. The van der Waals surface area contributed by atoms with Crippen LogP contribution in [0.4, 0.5) is 10.5 Å². The number of hydrogen-bond acceptors (Lipinski definition) is 5. The van der Waals surface area contributed by atoms with E-state index < -0.39 is 23.4 Å². The van der Waals surface area contributed by atoms with Crippen molar-refractivity contribution in [3.8, 4) is 0 Å². The van der Waals surface area contributed by atoms with Gasteiger partial charge in [0.2, 0.25) is 5.91 Å². The highest BCUT2D eigenvalue weighted by molar-refractivity contribution is 6.10. The van der Waals surface area contributed by atoms with Crippen molar-refractivity contribution < 1.29 is 23.9 Å². The van der Waals surface area contributed by atoms with Crippen LogP contribution in [0.15, 0.2) is 30.3 Å². The molecular formula is C20H25N3O5. The van der Waals surface area contributed by atoms with Crippen molar-refractivity contribution >= 4 is 35.6 Å². The first kappa shape index (κ1) is 21.1. The van der Waals surface area contributed by atoms with E-state index >= 15 is 0 Å². The fourth-order valence-electron chi connectivity index (χ4n) is 2.93. The van der Waals surface area contributed by atoms with Gasteiger partial charge in [-0.25, -0.2) is 9.59 Å². The highest BCUT2D eigenvalue weighted by Gasteiger charge is 2.49. The molecule has 150 valence electrons. The molecule has 1 heterocycles. The summed E-state index contributed by atoms with van der Waals surface area (Å²) in [5.74, 6) is -1.28. The molecule has 1 saturated heterocycles. The van der Waals surface area contributed by atoms with Gasteiger partial charge in [0.05, 0.1) is 6.61 Å². The zero-order valence-electron chi connectivity index (χ0n) is 16.3. The van der Waals surface area contributed by atoms with Crippen LogP contribution in [0.5, 0.6) is 0 Å². The first-order chi connectivity index (χ1) is 13.3. The summed E-state index contributed by atoms with van der Waals surface area (Å²) in [6.45, 7) is 5.33. The minimum atomic E-state index is -0.926. The van der Waals surface area contributed by atoms with Gasteiger partial charge in [-0.2, -0.15) is 0 Å². The van der Waals surface area contributed by atoms with Gasteiger partial charge in [0, 0.05) is 11.8 Å². The molecule has 0 atom stereocenters. The van der Waals surface area contributed by atoms with E-state index in [0.29, 0.717) is 25.1 Å². The van der Waals surface area contributed by atoms with Crippen LogP contribution in [0.1, 0.15) is 39.2 Å². The SMILES string of the molecule is CCOC(=O)/C=C\c1ccc(NC(=O)CN2C(=O)NC(CC)(CC)C2=O)cc1. The van der Waals surface area contributed by atoms with Gasteiger partial charge in [-0.3, -0.25) is 14.5 Å². The van der Waals surface area contributed by atoms with Gasteiger partial charge < -0.3 is 15.4 Å². The maximum Gasteiger partial charge on any atom is 0.330 e.